The van der Waals surface area contributed by atoms with E-state index < -0.39 is 23.3 Å². The number of nitrogens with zero attached hydrogens (tertiary/aromatic N) is 4. The van der Waals surface area contributed by atoms with Crippen LogP contribution in [0.15, 0.2) is 164 Å². The zero-order valence-corrected chi connectivity index (χ0v) is 41.0. The average molecular weight is 1110 g/mol. The summed E-state index contributed by atoms with van der Waals surface area (Å²) in [5.74, 6) is -1.39. The molecule has 0 aliphatic carbocycles. The van der Waals surface area contributed by atoms with Crippen molar-refractivity contribution in [2.24, 2.45) is 0 Å². The predicted octanol–water partition coefficient (Wildman–Crippen LogP) is 16.4. The Morgan fingerprint density at radius 2 is 1.16 bits per heavy atom. The van der Waals surface area contributed by atoms with E-state index in [0.29, 0.717) is 39.7 Å². The van der Waals surface area contributed by atoms with Gasteiger partial charge in [-0.25, -0.2) is 22.5 Å². The van der Waals surface area contributed by atoms with E-state index in [9.17, 15) is 17.6 Å². The molecule has 0 N–H and O–H groups in total. The van der Waals surface area contributed by atoms with Crippen LogP contribution in [0.4, 0.5) is 40.3 Å². The number of anilines is 4. The van der Waals surface area contributed by atoms with Gasteiger partial charge in [-0.1, -0.05) is 93.0 Å². The fourth-order valence-electron chi connectivity index (χ4n) is 9.59. The van der Waals surface area contributed by atoms with Gasteiger partial charge in [0.25, 0.3) is 0 Å². The molecule has 10 heteroatoms. The minimum absolute atomic E-state index is 0. The standard InChI is InChI=1S/C60H43F4N4O.Pt/c1-36-12-10-13-37(2)58(36)40-28-46(33-48(29-40)69-47-20-21-52-51-14-6-7-17-53(51)68(56(52)34-47)57-30-41(22-23-65-57)60(3,4)5)66-35-67(55-19-9-8-18-54(55)66)59-49(38-24-42(61)31-43(62)25-38)15-11-16-50(59)39-26-44(63)32-45(64)27-39;/h6-32,35H,1-5H3;/q-3;. The second-order valence-corrected chi connectivity index (χ2v) is 18.4. The molecule has 0 saturated heterocycles. The van der Waals surface area contributed by atoms with Gasteiger partial charge in [-0.3, -0.25) is 0 Å². The number of hydrogen-bond acceptors (Lipinski definition) is 4. The van der Waals surface area contributed by atoms with Gasteiger partial charge in [-0.15, -0.1) is 53.6 Å². The normalized spacial score (nSPS) is 12.4. The van der Waals surface area contributed by atoms with Crippen LogP contribution in [0.3, 0.4) is 0 Å². The van der Waals surface area contributed by atoms with Crippen LogP contribution in [0.1, 0.15) is 37.5 Å². The molecule has 2 aromatic heterocycles. The second-order valence-electron chi connectivity index (χ2n) is 18.4. The van der Waals surface area contributed by atoms with Gasteiger partial charge in [0.05, 0.1) is 0 Å². The second kappa shape index (κ2) is 18.1. The summed E-state index contributed by atoms with van der Waals surface area (Å²) in [6, 6.07) is 53.3. The van der Waals surface area contributed by atoms with Crippen molar-refractivity contribution in [1.29, 1.82) is 0 Å². The van der Waals surface area contributed by atoms with E-state index in [2.05, 4.69) is 93.8 Å². The fourth-order valence-corrected chi connectivity index (χ4v) is 9.59. The van der Waals surface area contributed by atoms with Crippen molar-refractivity contribution in [2.75, 3.05) is 9.80 Å². The molecule has 1 aliphatic heterocycles. The van der Waals surface area contributed by atoms with E-state index in [0.717, 1.165) is 73.3 Å². The van der Waals surface area contributed by atoms with Crippen LogP contribution in [-0.4, -0.2) is 9.55 Å². The third-order valence-corrected chi connectivity index (χ3v) is 12.7. The summed E-state index contributed by atoms with van der Waals surface area (Å²) in [7, 11) is 0. The van der Waals surface area contributed by atoms with E-state index in [1.54, 1.807) is 18.2 Å². The maximum atomic E-state index is 15.0. The van der Waals surface area contributed by atoms with Crippen molar-refractivity contribution in [2.45, 2.75) is 40.0 Å². The number of aromatic nitrogens is 2. The first-order valence-corrected chi connectivity index (χ1v) is 22.6. The molecule has 70 heavy (non-hydrogen) atoms. The smallest absolute Gasteiger partial charge is 0.135 e. The topological polar surface area (TPSA) is 33.5 Å². The number of aryl methyl sites for hydroxylation is 2. The van der Waals surface area contributed by atoms with E-state index >= 15 is 0 Å². The summed E-state index contributed by atoms with van der Waals surface area (Å²) in [5.41, 5.74) is 10.8. The van der Waals surface area contributed by atoms with Crippen molar-refractivity contribution in [3.63, 3.8) is 0 Å². The molecule has 8 aromatic carbocycles. The molecule has 5 nitrogen and oxygen atoms in total. The zero-order chi connectivity index (χ0) is 47.7. The molecule has 3 heterocycles. The third kappa shape index (κ3) is 8.42. The van der Waals surface area contributed by atoms with Gasteiger partial charge in [0, 0.05) is 84.6 Å². The van der Waals surface area contributed by atoms with Gasteiger partial charge in [-0.05, 0) is 113 Å². The zero-order valence-electron chi connectivity index (χ0n) is 38.7. The Morgan fingerprint density at radius 1 is 0.557 bits per heavy atom. The first kappa shape index (κ1) is 46.3. The minimum atomic E-state index is -0.764. The number of fused-ring (bicyclic) bond motifs is 4. The van der Waals surface area contributed by atoms with Crippen LogP contribution in [0.2, 0.25) is 0 Å². The summed E-state index contributed by atoms with van der Waals surface area (Å²) in [6.07, 6.45) is 1.85. The molecule has 0 fully saturated rings. The molecule has 0 bridgehead atoms. The Kier molecular flexibility index (Phi) is 12.0. The van der Waals surface area contributed by atoms with Crippen LogP contribution in [0.5, 0.6) is 11.5 Å². The maximum absolute atomic E-state index is 15.0. The number of benzene rings is 8. The van der Waals surface area contributed by atoms with E-state index in [4.69, 9.17) is 9.72 Å². The molecular formula is C60H43F4N4OPt-3. The average Bonchev–Trinajstić information content (AvgIpc) is 3.86. The van der Waals surface area contributed by atoms with Crippen molar-refractivity contribution >= 4 is 44.6 Å². The number of ether oxygens (including phenoxy) is 1. The van der Waals surface area contributed by atoms with E-state index in [1.807, 2.05) is 83.3 Å². The molecular weight excluding hydrogens is 1060 g/mol. The van der Waals surface area contributed by atoms with Gasteiger partial charge in [0.2, 0.25) is 0 Å². The van der Waals surface area contributed by atoms with Crippen molar-refractivity contribution in [1.82, 2.24) is 9.55 Å². The molecule has 0 spiro atoms. The Bertz CT molecular complexity index is 3540. The van der Waals surface area contributed by atoms with Crippen LogP contribution < -0.4 is 14.5 Å². The molecule has 0 atom stereocenters. The first-order chi connectivity index (χ1) is 33.3. The van der Waals surface area contributed by atoms with Crippen molar-refractivity contribution < 1.29 is 43.4 Å². The summed E-state index contributed by atoms with van der Waals surface area (Å²) in [5, 5.41) is 2.06. The SMILES string of the molecule is Cc1cccc(C)c1-c1cc(Oc2[c-]c3c(cc2)c2ccccc2n3-c2cc(C(C)(C)C)ccn2)[c-]c(N2[CH-]N(c3c(-c4cc(F)cc(F)c4)cccc3-c3cc(F)cc(F)c3)c3ccccc32)c1.[Pt]. The van der Waals surface area contributed by atoms with Gasteiger partial charge in [-0.2, -0.15) is 6.07 Å². The molecule has 350 valence electrons. The summed E-state index contributed by atoms with van der Waals surface area (Å²) in [4.78, 5) is 8.70. The van der Waals surface area contributed by atoms with Crippen molar-refractivity contribution in [3.05, 3.63) is 223 Å². The Balaban J connectivity index is 0.00000567. The number of para-hydroxylation sites is 4. The summed E-state index contributed by atoms with van der Waals surface area (Å²) >= 11 is 0. The van der Waals surface area contributed by atoms with Gasteiger partial charge >= 0.3 is 0 Å². The summed E-state index contributed by atoms with van der Waals surface area (Å²) < 4.78 is 68.9. The molecule has 0 saturated carbocycles. The largest absolute Gasteiger partial charge is 0.509 e. The Labute approximate surface area is 418 Å². The van der Waals surface area contributed by atoms with Crippen LogP contribution in [0, 0.1) is 55.9 Å². The molecule has 0 radical (unpaired) electrons. The van der Waals surface area contributed by atoms with Gasteiger partial charge < -0.3 is 19.1 Å². The quantitative estimate of drug-likeness (QED) is 0.112. The van der Waals surface area contributed by atoms with E-state index in [1.165, 1.54) is 24.3 Å². The van der Waals surface area contributed by atoms with E-state index in [-0.39, 0.29) is 37.6 Å². The minimum Gasteiger partial charge on any atom is -0.509 e. The monoisotopic (exact) mass is 1110 g/mol. The van der Waals surface area contributed by atoms with Crippen LogP contribution in [0.25, 0.3) is 61.0 Å². The fraction of sp³-hybridized carbons (Fsp3) is 0.100. The predicted molar refractivity (Wildman–Crippen MR) is 269 cm³/mol. The molecule has 10 aromatic rings. The molecule has 0 amide bonds. The number of pyridine rings is 1. The Morgan fingerprint density at radius 3 is 1.80 bits per heavy atom. The van der Waals surface area contributed by atoms with Crippen LogP contribution >= 0.6 is 0 Å². The number of hydrogen-bond donors (Lipinski definition) is 0. The van der Waals surface area contributed by atoms with Crippen LogP contribution in [-0.2, 0) is 26.5 Å². The summed E-state index contributed by atoms with van der Waals surface area (Å²) in [6.45, 7) is 12.6. The molecule has 0 unspecified atom stereocenters. The number of rotatable bonds is 8. The van der Waals surface area contributed by atoms with Crippen molar-refractivity contribution in [3.8, 4) is 50.7 Å². The first-order valence-electron chi connectivity index (χ1n) is 22.6. The molecule has 11 rings (SSSR count). The Hall–Kier alpha value is -7.48. The number of halogens is 4. The maximum Gasteiger partial charge on any atom is 0.135 e. The van der Waals surface area contributed by atoms with Gasteiger partial charge in [0.15, 0.2) is 0 Å². The molecule has 1 aliphatic rings. The third-order valence-electron chi connectivity index (χ3n) is 12.7. The van der Waals surface area contributed by atoms with Gasteiger partial charge in [0.1, 0.15) is 29.1 Å².